The Hall–Kier alpha value is -1.31. The van der Waals surface area contributed by atoms with Crippen molar-refractivity contribution >= 4 is 11.9 Å². The van der Waals surface area contributed by atoms with Crippen LogP contribution in [0.3, 0.4) is 0 Å². The SMILES string of the molecule is CCN(CC)c1ccc(C=NC)cc1. The van der Waals surface area contributed by atoms with Gasteiger partial charge in [0.15, 0.2) is 0 Å². The van der Waals surface area contributed by atoms with Crippen molar-refractivity contribution in [3.05, 3.63) is 29.8 Å². The summed E-state index contributed by atoms with van der Waals surface area (Å²) in [6.07, 6.45) is 1.87. The second-order valence-electron chi connectivity index (χ2n) is 3.15. The zero-order valence-electron chi connectivity index (χ0n) is 9.20. The zero-order chi connectivity index (χ0) is 10.4. The molecule has 2 heteroatoms. The van der Waals surface area contributed by atoms with Crippen molar-refractivity contribution in [1.29, 1.82) is 0 Å². The lowest BCUT2D eigenvalue weighted by Gasteiger charge is -2.20. The van der Waals surface area contributed by atoms with Crippen molar-refractivity contribution in [2.45, 2.75) is 13.8 Å². The number of rotatable bonds is 4. The second-order valence-corrected chi connectivity index (χ2v) is 3.15. The first-order valence-corrected chi connectivity index (χ1v) is 5.09. The molecule has 0 aliphatic heterocycles. The van der Waals surface area contributed by atoms with E-state index in [1.165, 1.54) is 5.69 Å². The van der Waals surface area contributed by atoms with Crippen molar-refractivity contribution in [2.24, 2.45) is 4.99 Å². The molecule has 0 aromatic heterocycles. The molecule has 0 aliphatic carbocycles. The first-order valence-electron chi connectivity index (χ1n) is 5.09. The molecule has 1 aromatic carbocycles. The van der Waals surface area contributed by atoms with Crippen LogP contribution in [0.4, 0.5) is 5.69 Å². The van der Waals surface area contributed by atoms with Crippen molar-refractivity contribution in [2.75, 3.05) is 25.0 Å². The molecule has 1 aromatic rings. The Kier molecular flexibility index (Phi) is 4.17. The van der Waals surface area contributed by atoms with E-state index in [4.69, 9.17) is 0 Å². The van der Waals surface area contributed by atoms with E-state index in [2.05, 4.69) is 48.0 Å². The average Bonchev–Trinajstić information content (AvgIpc) is 2.23. The van der Waals surface area contributed by atoms with Crippen LogP contribution in [0.5, 0.6) is 0 Å². The van der Waals surface area contributed by atoms with Crippen LogP contribution in [0, 0.1) is 0 Å². The highest BCUT2D eigenvalue weighted by Crippen LogP contribution is 2.13. The topological polar surface area (TPSA) is 15.6 Å². The first kappa shape index (κ1) is 10.8. The molecule has 0 heterocycles. The summed E-state index contributed by atoms with van der Waals surface area (Å²) in [5, 5.41) is 0. The molecule has 0 saturated heterocycles. The molecule has 0 saturated carbocycles. The maximum atomic E-state index is 3.98. The third-order valence-corrected chi connectivity index (χ3v) is 2.30. The van der Waals surface area contributed by atoms with Crippen LogP contribution in [0.25, 0.3) is 0 Å². The van der Waals surface area contributed by atoms with Gasteiger partial charge in [0.05, 0.1) is 0 Å². The summed E-state index contributed by atoms with van der Waals surface area (Å²) >= 11 is 0. The average molecular weight is 190 g/mol. The van der Waals surface area contributed by atoms with E-state index in [1.807, 2.05) is 6.21 Å². The van der Waals surface area contributed by atoms with Crippen LogP contribution in [0.15, 0.2) is 29.3 Å². The van der Waals surface area contributed by atoms with E-state index in [1.54, 1.807) is 7.05 Å². The fourth-order valence-electron chi connectivity index (χ4n) is 1.51. The Labute approximate surface area is 86.3 Å². The van der Waals surface area contributed by atoms with Crippen molar-refractivity contribution < 1.29 is 0 Å². The lowest BCUT2D eigenvalue weighted by atomic mass is 10.2. The minimum atomic E-state index is 1.05. The molecule has 0 bridgehead atoms. The number of benzene rings is 1. The largest absolute Gasteiger partial charge is 0.372 e. The predicted octanol–water partition coefficient (Wildman–Crippen LogP) is 2.58. The lowest BCUT2D eigenvalue weighted by molar-refractivity contribution is 0.866. The Morgan fingerprint density at radius 1 is 1.14 bits per heavy atom. The summed E-state index contributed by atoms with van der Waals surface area (Å²) in [5.41, 5.74) is 2.44. The summed E-state index contributed by atoms with van der Waals surface area (Å²) in [6.45, 7) is 6.45. The van der Waals surface area contributed by atoms with Gasteiger partial charge in [-0.1, -0.05) is 12.1 Å². The molecule has 0 spiro atoms. The molecule has 0 amide bonds. The van der Waals surface area contributed by atoms with E-state index in [0.29, 0.717) is 0 Å². The molecular weight excluding hydrogens is 172 g/mol. The highest BCUT2D eigenvalue weighted by atomic mass is 15.1. The van der Waals surface area contributed by atoms with Gasteiger partial charge in [-0.3, -0.25) is 4.99 Å². The molecule has 2 nitrogen and oxygen atoms in total. The fourth-order valence-corrected chi connectivity index (χ4v) is 1.51. The van der Waals surface area contributed by atoms with Gasteiger partial charge >= 0.3 is 0 Å². The van der Waals surface area contributed by atoms with Crippen LogP contribution >= 0.6 is 0 Å². The predicted molar refractivity (Wildman–Crippen MR) is 63.5 cm³/mol. The van der Waals surface area contributed by atoms with Gasteiger partial charge in [0, 0.05) is 32.0 Å². The van der Waals surface area contributed by atoms with E-state index in [0.717, 1.165) is 18.7 Å². The molecule has 1 rings (SSSR count). The molecule has 0 atom stereocenters. The number of anilines is 1. The number of nitrogens with zero attached hydrogens (tertiary/aromatic N) is 2. The van der Waals surface area contributed by atoms with Gasteiger partial charge in [-0.05, 0) is 31.5 Å². The standard InChI is InChI=1S/C12H18N2/c1-4-14(5-2)12-8-6-11(7-9-12)10-13-3/h6-10H,4-5H2,1-3H3. The number of aliphatic imine (C=N–C) groups is 1. The molecule has 0 N–H and O–H groups in total. The Morgan fingerprint density at radius 3 is 2.14 bits per heavy atom. The van der Waals surface area contributed by atoms with Gasteiger partial charge in [-0.2, -0.15) is 0 Å². The van der Waals surface area contributed by atoms with Crippen LogP contribution < -0.4 is 4.90 Å². The van der Waals surface area contributed by atoms with Gasteiger partial charge in [-0.25, -0.2) is 0 Å². The molecule has 14 heavy (non-hydrogen) atoms. The Bertz CT molecular complexity index is 284. The minimum Gasteiger partial charge on any atom is -0.372 e. The van der Waals surface area contributed by atoms with Gasteiger partial charge in [0.25, 0.3) is 0 Å². The quantitative estimate of drug-likeness (QED) is 0.666. The first-order chi connectivity index (χ1) is 6.81. The smallest absolute Gasteiger partial charge is 0.0366 e. The molecule has 0 radical (unpaired) electrons. The fraction of sp³-hybridized carbons (Fsp3) is 0.417. The highest BCUT2D eigenvalue weighted by Gasteiger charge is 1.99. The van der Waals surface area contributed by atoms with Crippen molar-refractivity contribution in [3.8, 4) is 0 Å². The molecule has 76 valence electrons. The van der Waals surface area contributed by atoms with E-state index in [-0.39, 0.29) is 0 Å². The molecule has 0 fully saturated rings. The Morgan fingerprint density at radius 2 is 1.71 bits per heavy atom. The van der Waals surface area contributed by atoms with Gasteiger partial charge in [0.1, 0.15) is 0 Å². The van der Waals surface area contributed by atoms with Gasteiger partial charge < -0.3 is 4.90 Å². The summed E-state index contributed by atoms with van der Waals surface area (Å²) in [4.78, 5) is 6.31. The Balaban J connectivity index is 2.81. The molecular formula is C12H18N2. The maximum absolute atomic E-state index is 3.98. The second kappa shape index (κ2) is 5.43. The van der Waals surface area contributed by atoms with Gasteiger partial charge in [-0.15, -0.1) is 0 Å². The van der Waals surface area contributed by atoms with Crippen LogP contribution in [0.2, 0.25) is 0 Å². The lowest BCUT2D eigenvalue weighted by Crippen LogP contribution is -2.21. The number of hydrogen-bond donors (Lipinski definition) is 0. The summed E-state index contributed by atoms with van der Waals surface area (Å²) in [7, 11) is 1.79. The van der Waals surface area contributed by atoms with Crippen molar-refractivity contribution in [1.82, 2.24) is 0 Å². The van der Waals surface area contributed by atoms with Crippen LogP contribution in [0.1, 0.15) is 19.4 Å². The molecule has 0 aliphatic rings. The normalized spacial score (nSPS) is 10.8. The summed E-state index contributed by atoms with van der Waals surface area (Å²) in [5.74, 6) is 0. The third-order valence-electron chi connectivity index (χ3n) is 2.30. The monoisotopic (exact) mass is 190 g/mol. The van der Waals surface area contributed by atoms with Crippen molar-refractivity contribution in [3.63, 3.8) is 0 Å². The third kappa shape index (κ3) is 2.59. The zero-order valence-corrected chi connectivity index (χ0v) is 9.20. The van der Waals surface area contributed by atoms with Crippen LogP contribution in [-0.4, -0.2) is 26.4 Å². The van der Waals surface area contributed by atoms with Gasteiger partial charge in [0.2, 0.25) is 0 Å². The number of hydrogen-bond acceptors (Lipinski definition) is 2. The summed E-state index contributed by atoms with van der Waals surface area (Å²) in [6, 6.07) is 8.48. The van der Waals surface area contributed by atoms with E-state index in [9.17, 15) is 0 Å². The highest BCUT2D eigenvalue weighted by molar-refractivity contribution is 5.80. The summed E-state index contributed by atoms with van der Waals surface area (Å²) < 4.78 is 0. The van der Waals surface area contributed by atoms with Crippen LogP contribution in [-0.2, 0) is 0 Å². The molecule has 0 unspecified atom stereocenters. The maximum Gasteiger partial charge on any atom is 0.0366 e. The van der Waals surface area contributed by atoms with E-state index >= 15 is 0 Å². The minimum absolute atomic E-state index is 1.05. The van der Waals surface area contributed by atoms with E-state index < -0.39 is 0 Å².